The fraction of sp³-hybridized carbons (Fsp3) is 0.211. The molecule has 0 N–H and O–H groups in total. The second-order valence-electron chi connectivity index (χ2n) is 13.2. The zero-order valence-electron chi connectivity index (χ0n) is 24.0. The van der Waals surface area contributed by atoms with Crippen molar-refractivity contribution >= 4 is 68.0 Å². The minimum Gasteiger partial charge on any atom is -0.335 e. The molecule has 2 nitrogen and oxygen atoms in total. The van der Waals surface area contributed by atoms with Gasteiger partial charge in [-0.25, -0.2) is 0 Å². The highest BCUT2D eigenvalue weighted by Crippen LogP contribution is 2.61. The van der Waals surface area contributed by atoms with Crippen LogP contribution in [0.25, 0.3) is 27.5 Å². The van der Waals surface area contributed by atoms with Crippen molar-refractivity contribution < 1.29 is 0 Å². The second-order valence-corrected chi connectivity index (χ2v) is 14.3. The first kappa shape index (κ1) is 23.7. The van der Waals surface area contributed by atoms with E-state index < -0.39 is 0 Å². The number of aromatic nitrogens is 1. The fourth-order valence-corrected chi connectivity index (χ4v) is 10.5. The molecule has 2 atom stereocenters. The molecule has 5 aromatic carbocycles. The van der Waals surface area contributed by atoms with E-state index in [2.05, 4.69) is 126 Å². The average Bonchev–Trinajstić information content (AvgIpc) is 3.46. The van der Waals surface area contributed by atoms with E-state index in [1.165, 1.54) is 90.7 Å². The van der Waals surface area contributed by atoms with Crippen molar-refractivity contribution in [2.24, 2.45) is 0 Å². The minimum atomic E-state index is 0.106. The SMILES string of the molecule is CC12CCCCC1(C)N1c3cccc4c3B(c3ccc(-n5c6ccccc6c6ccccc65)cc3S4)c3cccc2c31. The third-order valence-corrected chi connectivity index (χ3v) is 12.6. The van der Waals surface area contributed by atoms with Gasteiger partial charge in [-0.05, 0) is 72.7 Å². The Balaban J connectivity index is 1.22. The largest absolute Gasteiger partial charge is 0.335 e. The highest BCUT2D eigenvalue weighted by molar-refractivity contribution is 8.00. The fourth-order valence-electron chi connectivity index (χ4n) is 9.29. The van der Waals surface area contributed by atoms with Crippen molar-refractivity contribution in [2.45, 2.75) is 60.3 Å². The number of rotatable bonds is 1. The van der Waals surface area contributed by atoms with E-state index in [9.17, 15) is 0 Å². The Hall–Kier alpha value is -3.89. The van der Waals surface area contributed by atoms with Gasteiger partial charge in [0.15, 0.2) is 0 Å². The van der Waals surface area contributed by atoms with Crippen LogP contribution in [0.15, 0.2) is 113 Å². The molecule has 0 radical (unpaired) electrons. The second kappa shape index (κ2) is 7.93. The minimum absolute atomic E-state index is 0.106. The van der Waals surface area contributed by atoms with Crippen molar-refractivity contribution in [1.29, 1.82) is 0 Å². The van der Waals surface area contributed by atoms with Gasteiger partial charge in [0, 0.05) is 43.0 Å². The number of para-hydroxylation sites is 3. The van der Waals surface area contributed by atoms with Gasteiger partial charge < -0.3 is 9.47 Å². The van der Waals surface area contributed by atoms with Crippen LogP contribution >= 0.6 is 11.8 Å². The standard InChI is InChI=1S/C38H31BN2S/c1-37-21-7-8-22-38(37,2)41-32-17-10-18-33-35(32)39(29-14-9-13-27(37)36(29)41)28-20-19-24(23-34(28)42-33)40-30-15-5-3-11-25(30)26-12-4-6-16-31(26)40/h3-6,9-20,23H,7-8,21-22H2,1-2H3. The van der Waals surface area contributed by atoms with Gasteiger partial charge in [-0.2, -0.15) is 0 Å². The molecule has 1 saturated carbocycles. The first-order chi connectivity index (χ1) is 20.6. The Bertz CT molecular complexity index is 2090. The van der Waals surface area contributed by atoms with Gasteiger partial charge in [0.05, 0.1) is 16.6 Å². The number of hydrogen-bond donors (Lipinski definition) is 0. The van der Waals surface area contributed by atoms with Gasteiger partial charge >= 0.3 is 0 Å². The highest BCUT2D eigenvalue weighted by atomic mass is 32.2. The monoisotopic (exact) mass is 558 g/mol. The molecule has 0 spiro atoms. The summed E-state index contributed by atoms with van der Waals surface area (Å²) in [4.78, 5) is 5.58. The third-order valence-electron chi connectivity index (χ3n) is 11.4. The van der Waals surface area contributed by atoms with Gasteiger partial charge in [-0.1, -0.05) is 104 Å². The highest BCUT2D eigenvalue weighted by Gasteiger charge is 2.60. The molecule has 4 heterocycles. The average molecular weight is 559 g/mol. The zero-order chi connectivity index (χ0) is 27.8. The smallest absolute Gasteiger partial charge is 0.249 e. The zero-order valence-corrected chi connectivity index (χ0v) is 24.8. The predicted octanol–water partition coefficient (Wildman–Crippen LogP) is 7.82. The van der Waals surface area contributed by atoms with Gasteiger partial charge in [0.2, 0.25) is 6.71 Å². The molecule has 1 aliphatic carbocycles. The van der Waals surface area contributed by atoms with E-state index in [4.69, 9.17) is 0 Å². The number of nitrogens with zero attached hydrogens (tertiary/aromatic N) is 2. The van der Waals surface area contributed by atoms with Crippen LogP contribution in [0, 0.1) is 0 Å². The quantitative estimate of drug-likeness (QED) is 0.190. The van der Waals surface area contributed by atoms with Crippen LogP contribution in [-0.2, 0) is 5.41 Å². The number of anilines is 2. The first-order valence-electron chi connectivity index (χ1n) is 15.5. The van der Waals surface area contributed by atoms with Gasteiger partial charge in [-0.3, -0.25) is 0 Å². The summed E-state index contributed by atoms with van der Waals surface area (Å²) in [5.74, 6) is 0. The lowest BCUT2D eigenvalue weighted by Gasteiger charge is -2.52. The molecule has 0 saturated heterocycles. The van der Waals surface area contributed by atoms with Crippen LogP contribution in [0.4, 0.5) is 11.4 Å². The van der Waals surface area contributed by atoms with Crippen molar-refractivity contribution in [1.82, 2.24) is 4.57 Å². The number of benzene rings is 5. The van der Waals surface area contributed by atoms with E-state index in [0.717, 1.165) is 0 Å². The van der Waals surface area contributed by atoms with Crippen LogP contribution in [0.5, 0.6) is 0 Å². The van der Waals surface area contributed by atoms with E-state index in [-0.39, 0.29) is 17.7 Å². The van der Waals surface area contributed by atoms with Gasteiger partial charge in [0.25, 0.3) is 0 Å². The van der Waals surface area contributed by atoms with Gasteiger partial charge in [-0.15, -0.1) is 0 Å². The maximum absolute atomic E-state index is 2.80. The lowest BCUT2D eigenvalue weighted by atomic mass is 9.35. The summed E-state index contributed by atoms with van der Waals surface area (Å²) in [6.45, 7) is 5.37. The van der Waals surface area contributed by atoms with Crippen molar-refractivity contribution in [2.75, 3.05) is 4.90 Å². The number of hydrogen-bond acceptors (Lipinski definition) is 2. The Morgan fingerprint density at radius 1 is 0.690 bits per heavy atom. The van der Waals surface area contributed by atoms with Crippen LogP contribution < -0.4 is 21.3 Å². The van der Waals surface area contributed by atoms with Crippen molar-refractivity contribution in [3.63, 3.8) is 0 Å². The third kappa shape index (κ3) is 2.67. The molecule has 202 valence electrons. The topological polar surface area (TPSA) is 8.17 Å². The Kier molecular flexibility index (Phi) is 4.47. The van der Waals surface area contributed by atoms with Crippen molar-refractivity contribution in [3.05, 3.63) is 109 Å². The molecule has 1 fully saturated rings. The molecule has 4 aliphatic rings. The molecule has 10 rings (SSSR count). The summed E-state index contributed by atoms with van der Waals surface area (Å²) in [6.07, 6.45) is 5.15. The molecule has 6 aromatic rings. The molecular weight excluding hydrogens is 527 g/mol. The maximum atomic E-state index is 2.80. The summed E-state index contributed by atoms with van der Waals surface area (Å²) in [5.41, 5.74) is 13.0. The molecule has 4 heteroatoms. The summed E-state index contributed by atoms with van der Waals surface area (Å²) in [7, 11) is 0. The van der Waals surface area contributed by atoms with Crippen LogP contribution in [0.2, 0.25) is 0 Å². The Morgan fingerprint density at radius 2 is 1.43 bits per heavy atom. The summed E-state index contributed by atoms with van der Waals surface area (Å²) in [5, 5.41) is 2.62. The molecule has 0 amide bonds. The first-order valence-corrected chi connectivity index (χ1v) is 16.3. The molecule has 2 unspecified atom stereocenters. The predicted molar refractivity (Wildman–Crippen MR) is 179 cm³/mol. The molecule has 3 aliphatic heterocycles. The summed E-state index contributed by atoms with van der Waals surface area (Å²) >= 11 is 1.96. The van der Waals surface area contributed by atoms with Crippen molar-refractivity contribution in [3.8, 4) is 5.69 Å². The lowest BCUT2D eigenvalue weighted by molar-refractivity contribution is 0.195. The molecule has 42 heavy (non-hydrogen) atoms. The lowest BCUT2D eigenvalue weighted by Crippen LogP contribution is -2.63. The van der Waals surface area contributed by atoms with Gasteiger partial charge in [0.1, 0.15) is 0 Å². The Labute approximate surface area is 251 Å². The van der Waals surface area contributed by atoms with E-state index >= 15 is 0 Å². The summed E-state index contributed by atoms with van der Waals surface area (Å²) < 4.78 is 2.45. The molecular formula is C38H31BN2S. The normalized spacial score (nSPS) is 23.1. The van der Waals surface area contributed by atoms with E-state index in [1.807, 2.05) is 11.8 Å². The number of fused-ring (bicyclic) bond motifs is 10. The van der Waals surface area contributed by atoms with Crippen LogP contribution in [0.1, 0.15) is 45.1 Å². The van der Waals surface area contributed by atoms with E-state index in [0.29, 0.717) is 0 Å². The van der Waals surface area contributed by atoms with Crippen LogP contribution in [0.3, 0.4) is 0 Å². The summed E-state index contributed by atoms with van der Waals surface area (Å²) in [6, 6.07) is 39.2. The Morgan fingerprint density at radius 3 is 2.24 bits per heavy atom. The van der Waals surface area contributed by atoms with Crippen LogP contribution in [-0.4, -0.2) is 16.8 Å². The molecule has 1 aromatic heterocycles. The molecule has 0 bridgehead atoms. The van der Waals surface area contributed by atoms with E-state index in [1.54, 1.807) is 5.56 Å². The maximum Gasteiger partial charge on any atom is 0.249 e.